The maximum Gasteiger partial charge on any atom is 0.333 e. The van der Waals surface area contributed by atoms with Crippen LogP contribution in [0.25, 0.3) is 33.4 Å². The molecule has 294 valence electrons. The third kappa shape index (κ3) is 11.7. The van der Waals surface area contributed by atoms with Gasteiger partial charge in [0.15, 0.2) is 12.2 Å². The van der Waals surface area contributed by atoms with Gasteiger partial charge in [0, 0.05) is 16.7 Å². The average Bonchev–Trinajstić information content (AvgIpc) is 3.26. The van der Waals surface area contributed by atoms with Gasteiger partial charge in [0.2, 0.25) is 0 Å². The van der Waals surface area contributed by atoms with Crippen LogP contribution >= 0.6 is 0 Å². The summed E-state index contributed by atoms with van der Waals surface area (Å²) in [6.45, 7) is 10.9. The molecule has 0 aliphatic rings. The molecule has 6 rings (SSSR count). The molecular formula is C50H46O8. The van der Waals surface area contributed by atoms with Gasteiger partial charge in [-0.2, -0.15) is 0 Å². The molecule has 58 heavy (non-hydrogen) atoms. The lowest BCUT2D eigenvalue weighted by Crippen LogP contribution is -2.31. The molecular weight excluding hydrogens is 729 g/mol. The number of hydrogen-bond acceptors (Lipinski definition) is 8. The second-order valence-electron chi connectivity index (χ2n) is 13.7. The first-order valence-corrected chi connectivity index (χ1v) is 19.0. The van der Waals surface area contributed by atoms with Crippen LogP contribution in [0.5, 0.6) is 23.0 Å². The molecule has 8 nitrogen and oxygen atoms in total. The Labute approximate surface area is 339 Å². The van der Waals surface area contributed by atoms with E-state index in [2.05, 4.69) is 13.2 Å². The average molecular weight is 775 g/mol. The first kappa shape index (κ1) is 40.6. The molecule has 0 spiro atoms. The van der Waals surface area contributed by atoms with Crippen LogP contribution in [-0.2, 0) is 19.1 Å². The summed E-state index contributed by atoms with van der Waals surface area (Å²) in [6, 6.07) is 50.7. The summed E-state index contributed by atoms with van der Waals surface area (Å²) < 4.78 is 35.8. The minimum absolute atomic E-state index is 0.0445. The summed E-state index contributed by atoms with van der Waals surface area (Å²) in [5, 5.41) is 0. The van der Waals surface area contributed by atoms with Gasteiger partial charge < -0.3 is 28.4 Å². The molecule has 0 aliphatic carbocycles. The molecule has 0 heterocycles. The van der Waals surface area contributed by atoms with Gasteiger partial charge in [0.05, 0.1) is 0 Å². The molecule has 2 unspecified atom stereocenters. The highest BCUT2D eigenvalue weighted by Crippen LogP contribution is 2.32. The second kappa shape index (κ2) is 20.2. The molecule has 0 bridgehead atoms. The first-order chi connectivity index (χ1) is 28.2. The first-order valence-electron chi connectivity index (χ1n) is 19.0. The number of ether oxygens (including phenoxy) is 6. The van der Waals surface area contributed by atoms with E-state index in [4.69, 9.17) is 28.4 Å². The van der Waals surface area contributed by atoms with Crippen molar-refractivity contribution in [3.63, 3.8) is 0 Å². The van der Waals surface area contributed by atoms with E-state index in [9.17, 15) is 9.59 Å². The summed E-state index contributed by atoms with van der Waals surface area (Å²) in [4.78, 5) is 25.0. The van der Waals surface area contributed by atoms with Crippen molar-refractivity contribution in [2.24, 2.45) is 0 Å². The summed E-state index contributed by atoms with van der Waals surface area (Å²) in [5.74, 6) is 1.40. The molecule has 6 aromatic carbocycles. The monoisotopic (exact) mass is 774 g/mol. The summed E-state index contributed by atoms with van der Waals surface area (Å²) in [5.41, 5.74) is 6.62. The number of hydrogen-bond donors (Lipinski definition) is 0. The predicted octanol–water partition coefficient (Wildman–Crippen LogP) is 10.6. The topological polar surface area (TPSA) is 89.5 Å². The van der Waals surface area contributed by atoms with E-state index in [1.54, 1.807) is 13.8 Å². The van der Waals surface area contributed by atoms with Crippen LogP contribution in [-0.4, -0.2) is 50.6 Å². The minimum Gasteiger partial charge on any atom is -0.490 e. The Morgan fingerprint density at radius 1 is 0.414 bits per heavy atom. The number of esters is 2. The Bertz CT molecular complexity index is 2270. The van der Waals surface area contributed by atoms with Gasteiger partial charge in [0.25, 0.3) is 0 Å². The quantitative estimate of drug-likeness (QED) is 0.0594. The zero-order chi connectivity index (χ0) is 40.7. The van der Waals surface area contributed by atoms with Crippen LogP contribution in [0.15, 0.2) is 182 Å². The van der Waals surface area contributed by atoms with E-state index in [1.807, 2.05) is 158 Å². The molecule has 0 amide bonds. The van der Waals surface area contributed by atoms with Crippen molar-refractivity contribution in [1.29, 1.82) is 0 Å². The molecule has 0 fully saturated rings. The largest absolute Gasteiger partial charge is 0.490 e. The zero-order valence-electron chi connectivity index (χ0n) is 32.7. The number of rotatable bonds is 19. The number of carbonyl (C=O) groups is 2. The van der Waals surface area contributed by atoms with Crippen molar-refractivity contribution < 1.29 is 38.0 Å². The van der Waals surface area contributed by atoms with Crippen LogP contribution in [0.4, 0.5) is 0 Å². The smallest absolute Gasteiger partial charge is 0.333 e. The van der Waals surface area contributed by atoms with Crippen LogP contribution in [0.2, 0.25) is 0 Å². The molecule has 8 heteroatoms. The maximum atomic E-state index is 12.6. The molecule has 0 radical (unpaired) electrons. The van der Waals surface area contributed by atoms with Gasteiger partial charge in [0.1, 0.15) is 49.4 Å². The van der Waals surface area contributed by atoms with E-state index in [-0.39, 0.29) is 37.6 Å². The SMILES string of the molecule is C=C(C)C(=O)OC(COc1ccc(-c2ccccc2)cc1)COc1ccc(-c2ccccc2OCC(COc2ccc(-c3ccccc3)cc2)OC(=O)C(=C)C)cc1. The Balaban J connectivity index is 1.06. The lowest BCUT2D eigenvalue weighted by molar-refractivity contribution is -0.148. The van der Waals surface area contributed by atoms with E-state index in [1.165, 1.54) is 0 Å². The highest BCUT2D eigenvalue weighted by molar-refractivity contribution is 5.87. The standard InChI is InChI=1S/C50H46O8/c1-35(2)49(51)57-45(31-53-42-25-19-39(20-26-42)37-13-7-5-8-14-37)32-54-44-29-23-41(24-30-44)47-17-11-12-18-48(47)56-34-46(58-50(52)36(3)4)33-55-43-27-21-40(22-28-43)38-15-9-6-10-16-38/h5-30,45-46H,1,3,31-34H2,2,4H3. The third-order valence-corrected chi connectivity index (χ3v) is 8.95. The summed E-state index contributed by atoms with van der Waals surface area (Å²) in [7, 11) is 0. The second-order valence-corrected chi connectivity index (χ2v) is 13.7. The fourth-order valence-electron chi connectivity index (χ4n) is 5.80. The summed E-state index contributed by atoms with van der Waals surface area (Å²) in [6.07, 6.45) is -1.41. The van der Waals surface area contributed by atoms with Crippen LogP contribution < -0.4 is 18.9 Å². The van der Waals surface area contributed by atoms with Crippen LogP contribution in [0.1, 0.15) is 13.8 Å². The van der Waals surface area contributed by atoms with Crippen LogP contribution in [0.3, 0.4) is 0 Å². The van der Waals surface area contributed by atoms with E-state index in [0.29, 0.717) is 23.0 Å². The van der Waals surface area contributed by atoms with Gasteiger partial charge in [-0.25, -0.2) is 9.59 Å². The Kier molecular flexibility index (Phi) is 14.1. The number of para-hydroxylation sites is 1. The van der Waals surface area contributed by atoms with Crippen molar-refractivity contribution >= 4 is 11.9 Å². The van der Waals surface area contributed by atoms with E-state index < -0.39 is 24.1 Å². The third-order valence-electron chi connectivity index (χ3n) is 8.95. The van der Waals surface area contributed by atoms with Crippen LogP contribution in [0, 0.1) is 0 Å². The van der Waals surface area contributed by atoms with Crippen molar-refractivity contribution in [3.8, 4) is 56.4 Å². The molecule has 0 saturated heterocycles. The maximum absolute atomic E-state index is 12.6. The summed E-state index contributed by atoms with van der Waals surface area (Å²) >= 11 is 0. The minimum atomic E-state index is -0.716. The van der Waals surface area contributed by atoms with Gasteiger partial charge >= 0.3 is 11.9 Å². The van der Waals surface area contributed by atoms with Gasteiger partial charge in [-0.1, -0.05) is 128 Å². The highest BCUT2D eigenvalue weighted by Gasteiger charge is 2.20. The normalized spacial score (nSPS) is 11.7. The molecule has 0 saturated carbocycles. The van der Waals surface area contributed by atoms with Gasteiger partial charge in [-0.05, 0) is 84.1 Å². The molecule has 0 N–H and O–H groups in total. The van der Waals surface area contributed by atoms with Gasteiger partial charge in [-0.3, -0.25) is 0 Å². The molecule has 2 atom stereocenters. The lowest BCUT2D eigenvalue weighted by atomic mass is 10.0. The number of carbonyl (C=O) groups excluding carboxylic acids is 2. The van der Waals surface area contributed by atoms with Gasteiger partial charge in [-0.15, -0.1) is 0 Å². The molecule has 0 aliphatic heterocycles. The Morgan fingerprint density at radius 3 is 1.14 bits per heavy atom. The molecule has 0 aromatic heterocycles. The Hall–Kier alpha value is -7.06. The Morgan fingerprint density at radius 2 is 0.741 bits per heavy atom. The highest BCUT2D eigenvalue weighted by atomic mass is 16.6. The van der Waals surface area contributed by atoms with Crippen molar-refractivity contribution in [2.45, 2.75) is 26.1 Å². The molecule has 6 aromatic rings. The van der Waals surface area contributed by atoms with Crippen molar-refractivity contribution in [2.75, 3.05) is 26.4 Å². The lowest BCUT2D eigenvalue weighted by Gasteiger charge is -2.21. The van der Waals surface area contributed by atoms with E-state index >= 15 is 0 Å². The number of benzene rings is 6. The predicted molar refractivity (Wildman–Crippen MR) is 227 cm³/mol. The fourth-order valence-corrected chi connectivity index (χ4v) is 5.80. The van der Waals surface area contributed by atoms with Crippen molar-refractivity contribution in [1.82, 2.24) is 0 Å². The zero-order valence-corrected chi connectivity index (χ0v) is 32.7. The van der Waals surface area contributed by atoms with Crippen molar-refractivity contribution in [3.05, 3.63) is 182 Å². The fraction of sp³-hybridized carbons (Fsp3) is 0.160. The van der Waals surface area contributed by atoms with E-state index in [0.717, 1.165) is 33.4 Å².